The second kappa shape index (κ2) is 9.50. The molecule has 2 N–H and O–H groups in total. The highest BCUT2D eigenvalue weighted by Gasteiger charge is 2.17. The first-order valence-corrected chi connectivity index (χ1v) is 11.3. The summed E-state index contributed by atoms with van der Waals surface area (Å²) in [4.78, 5) is 33.4. The zero-order chi connectivity index (χ0) is 23.5. The van der Waals surface area contributed by atoms with Gasteiger partial charge in [-0.1, -0.05) is 23.9 Å². The van der Waals surface area contributed by atoms with Crippen molar-refractivity contribution in [2.75, 3.05) is 12.9 Å². The number of amides is 1. The number of carbonyl (C=O) groups is 1. The predicted octanol–water partition coefficient (Wildman–Crippen LogP) is 4.14. The maximum absolute atomic E-state index is 13.4. The van der Waals surface area contributed by atoms with E-state index in [2.05, 4.69) is 15.3 Å². The third-order valence-electron chi connectivity index (χ3n) is 5.17. The van der Waals surface area contributed by atoms with Crippen LogP contribution in [0.15, 0.2) is 64.5 Å². The molecule has 0 spiro atoms. The third-order valence-corrected chi connectivity index (χ3v) is 6.10. The van der Waals surface area contributed by atoms with Crippen molar-refractivity contribution in [2.24, 2.45) is 0 Å². The first-order chi connectivity index (χ1) is 15.9. The maximum atomic E-state index is 13.4. The van der Waals surface area contributed by atoms with Crippen molar-refractivity contribution >= 4 is 28.7 Å². The number of thioether (sulfide) groups is 1. The first-order valence-electron chi connectivity index (χ1n) is 10.3. The summed E-state index contributed by atoms with van der Waals surface area (Å²) in [6, 6.07) is 14.6. The highest BCUT2D eigenvalue weighted by molar-refractivity contribution is 7.99. The minimum Gasteiger partial charge on any atom is -0.497 e. The topological polar surface area (TPSA) is 89.0 Å². The van der Waals surface area contributed by atoms with Gasteiger partial charge in [-0.3, -0.25) is 14.2 Å². The Bertz CT molecular complexity index is 1350. The smallest absolute Gasteiger partial charge is 0.283 e. The second-order valence-electron chi connectivity index (χ2n) is 7.57. The Morgan fingerprint density at radius 2 is 1.91 bits per heavy atom. The molecule has 2 heterocycles. The Morgan fingerprint density at radius 3 is 2.58 bits per heavy atom. The molecular formula is C24H23FN4O3S. The third kappa shape index (κ3) is 4.93. The molecule has 0 unspecified atom stereocenters. The summed E-state index contributed by atoms with van der Waals surface area (Å²) in [5, 5.41) is 3.31. The van der Waals surface area contributed by atoms with Gasteiger partial charge in [0.05, 0.1) is 30.1 Å². The van der Waals surface area contributed by atoms with E-state index in [-0.39, 0.29) is 23.3 Å². The van der Waals surface area contributed by atoms with Crippen LogP contribution in [0.2, 0.25) is 0 Å². The van der Waals surface area contributed by atoms with Gasteiger partial charge in [0.15, 0.2) is 5.16 Å². The van der Waals surface area contributed by atoms with E-state index in [1.807, 2.05) is 38.1 Å². The fraction of sp³-hybridized carbons (Fsp3) is 0.208. The van der Waals surface area contributed by atoms with E-state index < -0.39 is 5.82 Å². The molecule has 0 aliphatic heterocycles. The van der Waals surface area contributed by atoms with Crippen LogP contribution < -0.4 is 15.6 Å². The number of ether oxygens (including phenoxy) is 1. The molecule has 1 amide bonds. The van der Waals surface area contributed by atoms with Crippen LogP contribution in [-0.2, 0) is 4.79 Å². The van der Waals surface area contributed by atoms with Gasteiger partial charge in [-0.25, -0.2) is 9.37 Å². The Balaban J connectivity index is 1.57. The number of carbonyl (C=O) groups excluding carboxylic acids is 1. The van der Waals surface area contributed by atoms with Crippen molar-refractivity contribution in [1.29, 1.82) is 0 Å². The van der Waals surface area contributed by atoms with Crippen LogP contribution in [0.4, 0.5) is 4.39 Å². The number of fused-ring (bicyclic) bond motifs is 1. The standard InChI is InChI=1S/C24H23FN4O3S/c1-14-12-20-22(26-14)23(31)29(18-8-6-17(25)7-9-18)24(28-20)33-13-21(30)27-15(2)16-4-10-19(32-3)11-5-16/h4-12,15,26H,13H2,1-3H3,(H,27,30)/t15-/m0/s1. The zero-order valence-electron chi connectivity index (χ0n) is 18.4. The second-order valence-corrected chi connectivity index (χ2v) is 8.52. The number of H-pyrrole nitrogens is 1. The van der Waals surface area contributed by atoms with Crippen LogP contribution >= 0.6 is 11.8 Å². The highest BCUT2D eigenvalue weighted by atomic mass is 32.2. The van der Waals surface area contributed by atoms with Crippen molar-refractivity contribution in [3.63, 3.8) is 0 Å². The summed E-state index contributed by atoms with van der Waals surface area (Å²) in [6.07, 6.45) is 0. The van der Waals surface area contributed by atoms with Crippen molar-refractivity contribution in [3.05, 3.63) is 82.0 Å². The lowest BCUT2D eigenvalue weighted by Crippen LogP contribution is -2.29. The SMILES string of the molecule is COc1ccc([C@H](C)NC(=O)CSc2nc3cc(C)[nH]c3c(=O)n2-c2ccc(F)cc2)cc1. The van der Waals surface area contributed by atoms with Gasteiger partial charge >= 0.3 is 0 Å². The van der Waals surface area contributed by atoms with Gasteiger partial charge in [0.1, 0.15) is 17.1 Å². The molecule has 2 aromatic heterocycles. The minimum absolute atomic E-state index is 0.0586. The summed E-state index contributed by atoms with van der Waals surface area (Å²) in [5.41, 5.74) is 2.78. The minimum atomic E-state index is -0.405. The molecule has 4 rings (SSSR count). The summed E-state index contributed by atoms with van der Waals surface area (Å²) < 4.78 is 20.0. The van der Waals surface area contributed by atoms with E-state index in [4.69, 9.17) is 4.74 Å². The Hall–Kier alpha value is -3.59. The number of hydrogen-bond acceptors (Lipinski definition) is 5. The first kappa shape index (κ1) is 22.6. The van der Waals surface area contributed by atoms with Crippen LogP contribution in [-0.4, -0.2) is 33.3 Å². The van der Waals surface area contributed by atoms with E-state index in [9.17, 15) is 14.0 Å². The van der Waals surface area contributed by atoms with Gasteiger partial charge in [0.2, 0.25) is 5.91 Å². The monoisotopic (exact) mass is 466 g/mol. The number of hydrogen-bond donors (Lipinski definition) is 2. The van der Waals surface area contributed by atoms with E-state index in [0.717, 1.165) is 28.8 Å². The van der Waals surface area contributed by atoms with Gasteiger partial charge in [-0.15, -0.1) is 0 Å². The average molecular weight is 467 g/mol. The molecule has 0 saturated carbocycles. The van der Waals surface area contributed by atoms with Crippen LogP contribution in [0.3, 0.4) is 0 Å². The van der Waals surface area contributed by atoms with Crippen molar-refractivity contribution in [3.8, 4) is 11.4 Å². The molecule has 0 aliphatic carbocycles. The van der Waals surface area contributed by atoms with Crippen molar-refractivity contribution in [2.45, 2.75) is 25.0 Å². The molecule has 0 fully saturated rings. The molecule has 9 heteroatoms. The number of aryl methyl sites for hydroxylation is 1. The number of methoxy groups -OCH3 is 1. The number of halogens is 1. The molecule has 0 aliphatic rings. The highest BCUT2D eigenvalue weighted by Crippen LogP contribution is 2.23. The van der Waals surface area contributed by atoms with Crippen LogP contribution in [0.25, 0.3) is 16.7 Å². The summed E-state index contributed by atoms with van der Waals surface area (Å²) in [6.45, 7) is 3.73. The molecular weight excluding hydrogens is 443 g/mol. The predicted molar refractivity (Wildman–Crippen MR) is 127 cm³/mol. The van der Waals surface area contributed by atoms with E-state index >= 15 is 0 Å². The molecule has 1 atom stereocenters. The lowest BCUT2D eigenvalue weighted by molar-refractivity contribution is -0.119. The molecule has 0 radical (unpaired) electrons. The lowest BCUT2D eigenvalue weighted by atomic mass is 10.1. The van der Waals surface area contributed by atoms with Crippen molar-refractivity contribution in [1.82, 2.24) is 19.9 Å². The van der Waals surface area contributed by atoms with Crippen LogP contribution in [0.5, 0.6) is 5.75 Å². The van der Waals surface area contributed by atoms with Gasteiger partial charge in [-0.2, -0.15) is 0 Å². The molecule has 33 heavy (non-hydrogen) atoms. The Labute approximate surface area is 194 Å². The van der Waals surface area contributed by atoms with Gasteiger partial charge in [0.25, 0.3) is 5.56 Å². The Kier molecular flexibility index (Phi) is 6.50. The quantitative estimate of drug-likeness (QED) is 0.316. The van der Waals surface area contributed by atoms with E-state index in [1.165, 1.54) is 28.8 Å². The zero-order valence-corrected chi connectivity index (χ0v) is 19.2. The maximum Gasteiger partial charge on any atom is 0.283 e. The molecule has 4 aromatic rings. The normalized spacial score (nSPS) is 12.0. The fourth-order valence-corrected chi connectivity index (χ4v) is 4.31. The average Bonchev–Trinajstić information content (AvgIpc) is 3.19. The molecule has 2 aromatic carbocycles. The van der Waals surface area contributed by atoms with Gasteiger partial charge in [0, 0.05) is 5.69 Å². The summed E-state index contributed by atoms with van der Waals surface area (Å²) in [5.74, 6) is 0.197. The fourth-order valence-electron chi connectivity index (χ4n) is 3.48. The number of nitrogens with zero attached hydrogens (tertiary/aromatic N) is 2. The van der Waals surface area contributed by atoms with Crippen LogP contribution in [0.1, 0.15) is 24.2 Å². The molecule has 170 valence electrons. The van der Waals surface area contributed by atoms with Crippen molar-refractivity contribution < 1.29 is 13.9 Å². The van der Waals surface area contributed by atoms with E-state index in [1.54, 1.807) is 13.2 Å². The molecule has 7 nitrogen and oxygen atoms in total. The largest absolute Gasteiger partial charge is 0.497 e. The number of aromatic nitrogens is 3. The molecule has 0 bridgehead atoms. The number of aromatic amines is 1. The van der Waals surface area contributed by atoms with E-state index in [0.29, 0.717) is 21.9 Å². The van der Waals surface area contributed by atoms with Gasteiger partial charge < -0.3 is 15.0 Å². The summed E-state index contributed by atoms with van der Waals surface area (Å²) in [7, 11) is 1.60. The Morgan fingerprint density at radius 1 is 1.21 bits per heavy atom. The van der Waals surface area contributed by atoms with Crippen LogP contribution in [0, 0.1) is 12.7 Å². The number of nitrogens with one attached hydrogen (secondary N) is 2. The number of rotatable bonds is 7. The number of benzene rings is 2. The molecule has 0 saturated heterocycles. The summed E-state index contributed by atoms with van der Waals surface area (Å²) >= 11 is 1.15. The van der Waals surface area contributed by atoms with Gasteiger partial charge in [-0.05, 0) is 61.9 Å². The lowest BCUT2D eigenvalue weighted by Gasteiger charge is -2.15.